The van der Waals surface area contributed by atoms with Crippen molar-refractivity contribution < 1.29 is 43.1 Å². The van der Waals surface area contributed by atoms with Crippen LogP contribution in [0.2, 0.25) is 0 Å². The second-order valence-corrected chi connectivity index (χ2v) is 11.3. The van der Waals surface area contributed by atoms with Crippen molar-refractivity contribution in [2.45, 2.75) is 62.4 Å². The molecule has 5 rings (SSSR count). The van der Waals surface area contributed by atoms with Crippen LogP contribution in [0.3, 0.4) is 0 Å². The molecule has 1 amide bonds. The number of aliphatic hydroxyl groups excluding tert-OH is 3. The maximum atomic E-state index is 14.3. The molecule has 226 valence electrons. The van der Waals surface area contributed by atoms with Gasteiger partial charge < -0.3 is 34.4 Å². The van der Waals surface area contributed by atoms with Crippen LogP contribution in [-0.4, -0.2) is 93.6 Å². The number of rotatable bonds is 8. The van der Waals surface area contributed by atoms with E-state index in [-0.39, 0.29) is 17.0 Å². The number of halogens is 3. The fourth-order valence-corrected chi connectivity index (χ4v) is 6.11. The number of carbonyl (C=O) groups is 1. The van der Waals surface area contributed by atoms with Gasteiger partial charge in [-0.1, -0.05) is 21.1 Å². The van der Waals surface area contributed by atoms with Crippen molar-refractivity contribution in [2.75, 3.05) is 25.7 Å². The maximum Gasteiger partial charge on any atom is 0.259 e. The number of benzene rings is 2. The number of hydrogen-bond acceptors (Lipinski definition) is 9. The van der Waals surface area contributed by atoms with E-state index in [1.54, 1.807) is 6.07 Å². The Kier molecular flexibility index (Phi) is 8.92. The van der Waals surface area contributed by atoms with Gasteiger partial charge >= 0.3 is 0 Å². The van der Waals surface area contributed by atoms with E-state index in [1.807, 2.05) is 19.1 Å². The van der Waals surface area contributed by atoms with Crippen molar-refractivity contribution in [3.63, 3.8) is 0 Å². The molecule has 2 heterocycles. The monoisotopic (exact) mass is 652 g/mol. The van der Waals surface area contributed by atoms with Crippen molar-refractivity contribution in [2.24, 2.45) is 0 Å². The zero-order valence-corrected chi connectivity index (χ0v) is 24.6. The Labute approximate surface area is 248 Å². The molecule has 1 saturated heterocycles. The molecule has 5 unspecified atom stereocenters. The first-order chi connectivity index (χ1) is 20.1. The van der Waals surface area contributed by atoms with E-state index in [4.69, 9.17) is 14.2 Å². The summed E-state index contributed by atoms with van der Waals surface area (Å²) >= 11 is 3.47. The predicted molar refractivity (Wildman–Crippen MR) is 149 cm³/mol. The predicted octanol–water partition coefficient (Wildman–Crippen LogP) is 2.54. The van der Waals surface area contributed by atoms with Gasteiger partial charge in [0.1, 0.15) is 30.0 Å². The second kappa shape index (κ2) is 12.3. The zero-order valence-electron chi connectivity index (χ0n) is 23.0. The lowest BCUT2D eigenvalue weighted by Crippen LogP contribution is -2.64. The van der Waals surface area contributed by atoms with E-state index in [0.29, 0.717) is 18.5 Å². The van der Waals surface area contributed by atoms with E-state index in [1.165, 1.54) is 36.1 Å². The highest BCUT2D eigenvalue weighted by atomic mass is 79.9. The number of carbonyl (C=O) groups excluding carboxylic acids is 1. The summed E-state index contributed by atoms with van der Waals surface area (Å²) in [6.07, 6.45) is -3.34. The smallest absolute Gasteiger partial charge is 0.259 e. The van der Waals surface area contributed by atoms with Crippen molar-refractivity contribution in [3.8, 4) is 17.0 Å². The van der Waals surface area contributed by atoms with Crippen molar-refractivity contribution in [1.29, 1.82) is 0 Å². The highest BCUT2D eigenvalue weighted by Gasteiger charge is 2.52. The Bertz CT molecular complexity index is 1440. The van der Waals surface area contributed by atoms with Gasteiger partial charge in [-0.15, -0.1) is 5.10 Å². The van der Waals surface area contributed by atoms with Gasteiger partial charge in [-0.3, -0.25) is 4.79 Å². The summed E-state index contributed by atoms with van der Waals surface area (Å²) in [6, 6.07) is 6.05. The van der Waals surface area contributed by atoms with Crippen LogP contribution in [-0.2, 0) is 14.3 Å². The summed E-state index contributed by atoms with van der Waals surface area (Å²) in [4.78, 5) is 15.8. The third kappa shape index (κ3) is 5.54. The van der Waals surface area contributed by atoms with Gasteiger partial charge in [-0.2, -0.15) is 4.39 Å². The largest absolute Gasteiger partial charge is 0.494 e. The molecular formula is C28H31BrF2N4O7. The minimum atomic E-state index is -1.39. The second-order valence-electron chi connectivity index (χ2n) is 10.4. The van der Waals surface area contributed by atoms with E-state index in [0.717, 1.165) is 16.1 Å². The lowest BCUT2D eigenvalue weighted by Gasteiger charge is -2.47. The summed E-state index contributed by atoms with van der Waals surface area (Å²) in [5, 5.41) is 40.0. The van der Waals surface area contributed by atoms with Crippen LogP contribution < -0.4 is 9.64 Å². The van der Waals surface area contributed by atoms with E-state index in [9.17, 15) is 28.9 Å². The van der Waals surface area contributed by atoms with Gasteiger partial charge in [0, 0.05) is 22.8 Å². The molecule has 11 nitrogen and oxygen atoms in total. The molecule has 1 aliphatic heterocycles. The standard InChI is InChI=1S/C28H31BrF2N4O7/c1-13-6-15(29)10-16(7-13)35(19-4-5-20(19)37)28(39)27-26(41-3)24(25(38)22(12-36)42-27)34-11-18(32-33-34)14-8-17(30)23(31)21(9-14)40-2/h6-11,19-20,22,24-27,36-38H,4-5,12H2,1-3H3/t19-,20-,22?,24?,25?,26?,27?/m0/s1. The molecule has 0 bridgehead atoms. The highest BCUT2D eigenvalue weighted by Crippen LogP contribution is 2.38. The topological polar surface area (TPSA) is 139 Å². The van der Waals surface area contributed by atoms with Crippen LogP contribution in [0, 0.1) is 18.6 Å². The molecule has 42 heavy (non-hydrogen) atoms. The van der Waals surface area contributed by atoms with E-state index >= 15 is 0 Å². The first-order valence-electron chi connectivity index (χ1n) is 13.3. The van der Waals surface area contributed by atoms with Gasteiger partial charge in [-0.05, 0) is 55.7 Å². The Morgan fingerprint density at radius 2 is 1.95 bits per heavy atom. The third-order valence-corrected chi connectivity index (χ3v) is 8.24. The SMILES string of the molecule is COc1cc(-c2cn(C3C(O)C(CO)OC(C(=O)N(c4cc(C)cc(Br)c4)[C@H]4CC[C@@H]4O)C3OC)nn2)cc(F)c1F. The summed E-state index contributed by atoms with van der Waals surface area (Å²) in [6.45, 7) is 1.25. The maximum absolute atomic E-state index is 14.3. The lowest BCUT2D eigenvalue weighted by molar-refractivity contribution is -0.211. The quantitative estimate of drug-likeness (QED) is 0.335. The van der Waals surface area contributed by atoms with E-state index in [2.05, 4.69) is 26.2 Å². The number of anilines is 1. The molecule has 1 saturated carbocycles. The number of methoxy groups -OCH3 is 2. The van der Waals surface area contributed by atoms with Crippen molar-refractivity contribution in [3.05, 3.63) is 58.2 Å². The molecule has 0 radical (unpaired) electrons. The Balaban J connectivity index is 1.53. The van der Waals surface area contributed by atoms with Gasteiger partial charge in [0.25, 0.3) is 5.91 Å². The normalized spacial score (nSPS) is 27.4. The molecule has 2 fully saturated rings. The summed E-state index contributed by atoms with van der Waals surface area (Å²) < 4.78 is 46.8. The highest BCUT2D eigenvalue weighted by molar-refractivity contribution is 9.10. The number of aromatic nitrogens is 3. The molecule has 1 aliphatic carbocycles. The lowest BCUT2D eigenvalue weighted by atomic mass is 9.85. The molecule has 7 atom stereocenters. The number of ether oxygens (including phenoxy) is 3. The van der Waals surface area contributed by atoms with Gasteiger partial charge in [0.15, 0.2) is 17.7 Å². The van der Waals surface area contributed by atoms with Crippen LogP contribution in [0.15, 0.2) is 41.0 Å². The number of aliphatic hydroxyl groups is 3. The third-order valence-electron chi connectivity index (χ3n) is 7.79. The zero-order chi connectivity index (χ0) is 30.3. The molecule has 1 aromatic heterocycles. The Morgan fingerprint density at radius 1 is 1.19 bits per heavy atom. The Hall–Kier alpha value is -3.01. The van der Waals surface area contributed by atoms with Crippen LogP contribution in [0.25, 0.3) is 11.3 Å². The summed E-state index contributed by atoms with van der Waals surface area (Å²) in [7, 11) is 2.55. The average molecular weight is 653 g/mol. The van der Waals surface area contributed by atoms with Crippen LogP contribution >= 0.6 is 15.9 Å². The molecule has 0 spiro atoms. The van der Waals surface area contributed by atoms with Gasteiger partial charge in [0.05, 0.1) is 32.1 Å². The van der Waals surface area contributed by atoms with Crippen LogP contribution in [0.5, 0.6) is 5.75 Å². The summed E-state index contributed by atoms with van der Waals surface area (Å²) in [5.74, 6) is -3.16. The molecule has 2 aliphatic rings. The van der Waals surface area contributed by atoms with Crippen molar-refractivity contribution >= 4 is 27.5 Å². The molecule has 3 aromatic rings. The Morgan fingerprint density at radius 3 is 2.55 bits per heavy atom. The molecular weight excluding hydrogens is 622 g/mol. The van der Waals surface area contributed by atoms with Crippen LogP contribution in [0.1, 0.15) is 24.4 Å². The van der Waals surface area contributed by atoms with Gasteiger partial charge in [0.2, 0.25) is 5.82 Å². The molecule has 2 aromatic carbocycles. The minimum Gasteiger partial charge on any atom is -0.494 e. The first kappa shape index (κ1) is 30.4. The summed E-state index contributed by atoms with van der Waals surface area (Å²) in [5.41, 5.74) is 1.71. The number of amides is 1. The minimum absolute atomic E-state index is 0.132. The molecule has 14 heteroatoms. The fourth-order valence-electron chi connectivity index (χ4n) is 5.52. The number of hydrogen-bond donors (Lipinski definition) is 3. The van der Waals surface area contributed by atoms with Gasteiger partial charge in [-0.25, -0.2) is 9.07 Å². The fraction of sp³-hybridized carbons (Fsp3) is 0.464. The number of aryl methyl sites for hydroxylation is 1. The first-order valence-corrected chi connectivity index (χ1v) is 14.1. The molecule has 3 N–H and O–H groups in total. The number of nitrogens with zero attached hydrogens (tertiary/aromatic N) is 4. The van der Waals surface area contributed by atoms with Crippen molar-refractivity contribution in [1.82, 2.24) is 15.0 Å². The average Bonchev–Trinajstić information content (AvgIpc) is 3.44. The van der Waals surface area contributed by atoms with Crippen LogP contribution in [0.4, 0.5) is 14.5 Å². The van der Waals surface area contributed by atoms with E-state index < -0.39 is 66.8 Å².